The van der Waals surface area contributed by atoms with Gasteiger partial charge in [-0.25, -0.2) is 0 Å². The number of aromatic hydroxyl groups is 1. The number of rotatable bonds is 5. The molecule has 0 bridgehead atoms. The zero-order valence-electron chi connectivity index (χ0n) is 12.4. The highest BCUT2D eigenvalue weighted by Gasteiger charge is 2.38. The summed E-state index contributed by atoms with van der Waals surface area (Å²) in [6.07, 6.45) is 6.74. The maximum absolute atomic E-state index is 9.90. The van der Waals surface area contributed by atoms with Crippen molar-refractivity contribution >= 4 is 0 Å². The van der Waals surface area contributed by atoms with Crippen LogP contribution in [0.2, 0.25) is 0 Å². The van der Waals surface area contributed by atoms with E-state index in [9.17, 15) is 5.11 Å². The molecule has 1 aromatic rings. The molecule has 0 radical (unpaired) electrons. The van der Waals surface area contributed by atoms with Crippen molar-refractivity contribution in [3.8, 4) is 5.75 Å². The number of phenolic OH excluding ortho intramolecular Hbond substituents is 1. The molecule has 106 valence electrons. The summed E-state index contributed by atoms with van der Waals surface area (Å²) in [7, 11) is 0. The van der Waals surface area contributed by atoms with Crippen molar-refractivity contribution in [2.24, 2.45) is 0 Å². The van der Waals surface area contributed by atoms with E-state index in [1.807, 2.05) is 18.2 Å². The Labute approximate surface area is 116 Å². The largest absolute Gasteiger partial charge is 0.508 e. The number of benzene rings is 1. The van der Waals surface area contributed by atoms with E-state index in [4.69, 9.17) is 4.74 Å². The van der Waals surface area contributed by atoms with Crippen LogP contribution in [0, 0.1) is 0 Å². The normalized spacial score (nSPS) is 18.7. The first-order valence-corrected chi connectivity index (χ1v) is 7.43. The first-order chi connectivity index (χ1) is 8.96. The second-order valence-corrected chi connectivity index (χ2v) is 6.41. The number of para-hydroxylation sites is 1. The number of phenols is 1. The van der Waals surface area contributed by atoms with Crippen LogP contribution in [0.3, 0.4) is 0 Å². The molecule has 1 aliphatic carbocycles. The molecule has 0 saturated heterocycles. The van der Waals surface area contributed by atoms with E-state index in [1.165, 1.54) is 25.7 Å². The van der Waals surface area contributed by atoms with E-state index in [-0.39, 0.29) is 11.2 Å². The van der Waals surface area contributed by atoms with Crippen molar-refractivity contribution in [1.82, 2.24) is 0 Å². The molecule has 1 fully saturated rings. The maximum atomic E-state index is 9.90. The van der Waals surface area contributed by atoms with E-state index >= 15 is 0 Å². The van der Waals surface area contributed by atoms with Crippen LogP contribution < -0.4 is 0 Å². The fraction of sp³-hybridized carbons (Fsp3) is 0.647. The average Bonchev–Trinajstić information content (AvgIpc) is 2.80. The summed E-state index contributed by atoms with van der Waals surface area (Å²) in [6, 6.07) is 7.55. The van der Waals surface area contributed by atoms with Crippen LogP contribution in [0.4, 0.5) is 0 Å². The van der Waals surface area contributed by atoms with Gasteiger partial charge in [0, 0.05) is 6.42 Å². The van der Waals surface area contributed by atoms with Crippen molar-refractivity contribution in [3.05, 3.63) is 29.8 Å². The molecule has 1 aliphatic rings. The minimum absolute atomic E-state index is 0.0634. The second kappa shape index (κ2) is 5.54. The summed E-state index contributed by atoms with van der Waals surface area (Å²) in [5.41, 5.74) is 0.796. The number of hydrogen-bond acceptors (Lipinski definition) is 2. The number of hydrogen-bond donors (Lipinski definition) is 1. The van der Waals surface area contributed by atoms with Gasteiger partial charge in [0.2, 0.25) is 0 Å². The van der Waals surface area contributed by atoms with Crippen LogP contribution in [-0.4, -0.2) is 16.3 Å². The van der Waals surface area contributed by atoms with E-state index in [0.717, 1.165) is 18.4 Å². The molecule has 2 heteroatoms. The lowest BCUT2D eigenvalue weighted by molar-refractivity contribution is -0.139. The van der Waals surface area contributed by atoms with E-state index in [2.05, 4.69) is 20.8 Å². The summed E-state index contributed by atoms with van der Waals surface area (Å²) < 4.78 is 6.48. The zero-order valence-corrected chi connectivity index (χ0v) is 12.4. The van der Waals surface area contributed by atoms with E-state index in [1.54, 1.807) is 6.07 Å². The Morgan fingerprint density at radius 3 is 2.42 bits per heavy atom. The van der Waals surface area contributed by atoms with Crippen LogP contribution in [0.5, 0.6) is 5.75 Å². The van der Waals surface area contributed by atoms with Gasteiger partial charge in [-0.1, -0.05) is 38.0 Å². The predicted molar refractivity (Wildman–Crippen MR) is 78.5 cm³/mol. The fourth-order valence-corrected chi connectivity index (χ4v) is 3.29. The molecule has 19 heavy (non-hydrogen) atoms. The molecule has 2 rings (SSSR count). The van der Waals surface area contributed by atoms with Gasteiger partial charge in [0.15, 0.2) is 0 Å². The molecule has 0 spiro atoms. The summed E-state index contributed by atoms with van der Waals surface area (Å²) in [5, 5.41) is 9.90. The lowest BCUT2D eigenvalue weighted by Gasteiger charge is -2.38. The van der Waals surface area contributed by atoms with Gasteiger partial charge < -0.3 is 9.84 Å². The van der Waals surface area contributed by atoms with Crippen molar-refractivity contribution in [1.29, 1.82) is 0 Å². The first-order valence-electron chi connectivity index (χ1n) is 7.43. The van der Waals surface area contributed by atoms with Gasteiger partial charge in [0.25, 0.3) is 0 Å². The molecule has 0 unspecified atom stereocenters. The minimum Gasteiger partial charge on any atom is -0.508 e. The van der Waals surface area contributed by atoms with Crippen molar-refractivity contribution in [2.75, 3.05) is 0 Å². The van der Waals surface area contributed by atoms with E-state index in [0.29, 0.717) is 5.75 Å². The molecule has 0 aromatic heterocycles. The molecule has 0 heterocycles. The van der Waals surface area contributed by atoms with E-state index < -0.39 is 0 Å². The third-order valence-corrected chi connectivity index (χ3v) is 4.26. The zero-order chi connectivity index (χ0) is 13.9. The Morgan fingerprint density at radius 2 is 1.84 bits per heavy atom. The lowest BCUT2D eigenvalue weighted by atomic mass is 9.93. The van der Waals surface area contributed by atoms with Crippen LogP contribution in [0.1, 0.15) is 58.4 Å². The Bertz CT molecular complexity index is 417. The average molecular weight is 262 g/mol. The number of ether oxygens (including phenoxy) is 1. The van der Waals surface area contributed by atoms with Crippen LogP contribution in [-0.2, 0) is 11.2 Å². The highest BCUT2D eigenvalue weighted by Crippen LogP contribution is 2.40. The van der Waals surface area contributed by atoms with Crippen molar-refractivity contribution in [3.63, 3.8) is 0 Å². The van der Waals surface area contributed by atoms with Gasteiger partial charge in [-0.05, 0) is 44.7 Å². The third kappa shape index (κ3) is 3.50. The molecule has 1 aromatic carbocycles. The van der Waals surface area contributed by atoms with Gasteiger partial charge in [0.1, 0.15) is 5.75 Å². The van der Waals surface area contributed by atoms with Crippen molar-refractivity contribution in [2.45, 2.75) is 70.5 Å². The Hall–Kier alpha value is -1.02. The van der Waals surface area contributed by atoms with Gasteiger partial charge in [-0.15, -0.1) is 0 Å². The standard InChI is InChI=1S/C17H26O2/c1-4-17(11-7-8-12-17)19-16(2,3)13-14-9-5-6-10-15(14)18/h5-6,9-10,18H,4,7-8,11-13H2,1-3H3. The molecule has 0 aliphatic heterocycles. The van der Waals surface area contributed by atoms with Gasteiger partial charge >= 0.3 is 0 Å². The molecule has 0 amide bonds. The summed E-state index contributed by atoms with van der Waals surface area (Å²) in [4.78, 5) is 0. The summed E-state index contributed by atoms with van der Waals surface area (Å²) >= 11 is 0. The molecular weight excluding hydrogens is 236 g/mol. The monoisotopic (exact) mass is 262 g/mol. The van der Waals surface area contributed by atoms with Gasteiger partial charge in [0.05, 0.1) is 11.2 Å². The maximum Gasteiger partial charge on any atom is 0.118 e. The van der Waals surface area contributed by atoms with Gasteiger partial charge in [-0.3, -0.25) is 0 Å². The molecule has 2 nitrogen and oxygen atoms in total. The Kier molecular flexibility index (Phi) is 4.19. The highest BCUT2D eigenvalue weighted by atomic mass is 16.5. The molecule has 1 N–H and O–H groups in total. The summed E-state index contributed by atoms with van der Waals surface area (Å²) in [6.45, 7) is 6.49. The highest BCUT2D eigenvalue weighted by molar-refractivity contribution is 5.32. The smallest absolute Gasteiger partial charge is 0.118 e. The molecule has 1 saturated carbocycles. The molecule has 0 atom stereocenters. The topological polar surface area (TPSA) is 29.5 Å². The third-order valence-electron chi connectivity index (χ3n) is 4.26. The Balaban J connectivity index is 2.08. The SMILES string of the molecule is CCC1(OC(C)(C)Cc2ccccc2O)CCCC1. The second-order valence-electron chi connectivity index (χ2n) is 6.41. The predicted octanol–water partition coefficient (Wildman–Crippen LogP) is 4.45. The van der Waals surface area contributed by atoms with Crippen LogP contribution >= 0.6 is 0 Å². The minimum atomic E-state index is -0.237. The summed E-state index contributed by atoms with van der Waals surface area (Å²) in [5.74, 6) is 0.371. The Morgan fingerprint density at radius 1 is 1.21 bits per heavy atom. The van der Waals surface area contributed by atoms with Gasteiger partial charge in [-0.2, -0.15) is 0 Å². The van der Waals surface area contributed by atoms with Crippen molar-refractivity contribution < 1.29 is 9.84 Å². The van der Waals surface area contributed by atoms with Crippen LogP contribution in [0.25, 0.3) is 0 Å². The lowest BCUT2D eigenvalue weighted by Crippen LogP contribution is -2.40. The molecular formula is C17H26O2. The van der Waals surface area contributed by atoms with Crippen LogP contribution in [0.15, 0.2) is 24.3 Å². The quantitative estimate of drug-likeness (QED) is 0.849. The first kappa shape index (κ1) is 14.4. The fourth-order valence-electron chi connectivity index (χ4n) is 3.29.